The number of hydrogen-bond donors (Lipinski definition) is 0. The van der Waals surface area contributed by atoms with Crippen LogP contribution in [0.3, 0.4) is 0 Å². The maximum absolute atomic E-state index is 13.0. The largest absolute Gasteiger partial charge is 0.497 e. The molecule has 8 nitrogen and oxygen atoms in total. The molecule has 1 aromatic carbocycles. The summed E-state index contributed by atoms with van der Waals surface area (Å²) in [5.41, 5.74) is 2.43. The summed E-state index contributed by atoms with van der Waals surface area (Å²) < 4.78 is 17.2. The van der Waals surface area contributed by atoms with Gasteiger partial charge in [0.05, 0.1) is 33.1 Å². The molecule has 1 aromatic heterocycles. The van der Waals surface area contributed by atoms with Crippen LogP contribution in [0.2, 0.25) is 0 Å². The zero-order valence-corrected chi connectivity index (χ0v) is 15.9. The Balaban J connectivity index is 1.90. The van der Waals surface area contributed by atoms with Gasteiger partial charge in [0.15, 0.2) is 5.69 Å². The first-order valence-corrected chi connectivity index (χ1v) is 8.72. The molecule has 0 radical (unpaired) electrons. The van der Waals surface area contributed by atoms with Crippen molar-refractivity contribution in [1.82, 2.24) is 14.7 Å². The second-order valence-corrected chi connectivity index (χ2v) is 6.20. The molecule has 0 aliphatic carbocycles. The Hall–Kier alpha value is -3.03. The van der Waals surface area contributed by atoms with Crippen LogP contribution in [0.25, 0.3) is 0 Å². The third kappa shape index (κ3) is 3.60. The summed E-state index contributed by atoms with van der Waals surface area (Å²) in [5.74, 6) is 0.510. The van der Waals surface area contributed by atoms with Crippen LogP contribution in [-0.2, 0) is 24.8 Å². The van der Waals surface area contributed by atoms with E-state index in [1.54, 1.807) is 37.1 Å². The molecule has 0 saturated heterocycles. The number of esters is 1. The Morgan fingerprint density at radius 1 is 1.15 bits per heavy atom. The predicted molar refractivity (Wildman–Crippen MR) is 97.2 cm³/mol. The van der Waals surface area contributed by atoms with Gasteiger partial charge >= 0.3 is 5.97 Å². The fraction of sp³-hybridized carbons (Fsp3) is 0.421. The average Bonchev–Trinajstić information content (AvgIpc) is 3.01. The molecule has 27 heavy (non-hydrogen) atoms. The number of carbonyl (C=O) groups is 2. The van der Waals surface area contributed by atoms with Gasteiger partial charge in [0, 0.05) is 37.2 Å². The standard InChI is InChI=1S/C19H23N3O5/c1-5-27-19(24)17-15-11-22(7-6-16(15)20-21(17)2)18(23)12-8-13(25-3)10-14(9-12)26-4/h8-10H,5-7,11H2,1-4H3. The lowest BCUT2D eigenvalue weighted by molar-refractivity contribution is 0.0508. The zero-order chi connectivity index (χ0) is 19.6. The van der Waals surface area contributed by atoms with Gasteiger partial charge in [0.2, 0.25) is 0 Å². The van der Waals surface area contributed by atoms with Crippen molar-refractivity contribution in [2.75, 3.05) is 27.4 Å². The topological polar surface area (TPSA) is 82.9 Å². The molecule has 3 rings (SSSR count). The number of benzene rings is 1. The summed E-state index contributed by atoms with van der Waals surface area (Å²) in [4.78, 5) is 27.0. The fourth-order valence-corrected chi connectivity index (χ4v) is 3.24. The smallest absolute Gasteiger partial charge is 0.356 e. The van der Waals surface area contributed by atoms with E-state index in [0.717, 1.165) is 11.3 Å². The number of amides is 1. The number of nitrogens with zero attached hydrogens (tertiary/aromatic N) is 3. The zero-order valence-electron chi connectivity index (χ0n) is 15.9. The van der Waals surface area contributed by atoms with Crippen LogP contribution in [-0.4, -0.2) is 53.9 Å². The van der Waals surface area contributed by atoms with Crippen molar-refractivity contribution in [1.29, 1.82) is 0 Å². The van der Waals surface area contributed by atoms with Crippen molar-refractivity contribution in [2.45, 2.75) is 19.9 Å². The van der Waals surface area contributed by atoms with E-state index in [1.165, 1.54) is 18.9 Å². The molecule has 1 amide bonds. The second-order valence-electron chi connectivity index (χ2n) is 6.20. The third-order valence-corrected chi connectivity index (χ3v) is 4.55. The number of carbonyl (C=O) groups excluding carboxylic acids is 2. The molecule has 1 aliphatic heterocycles. The first-order valence-electron chi connectivity index (χ1n) is 8.72. The van der Waals surface area contributed by atoms with Crippen LogP contribution in [0, 0.1) is 0 Å². The van der Waals surface area contributed by atoms with Crippen LogP contribution >= 0.6 is 0 Å². The van der Waals surface area contributed by atoms with Gasteiger partial charge in [0.1, 0.15) is 11.5 Å². The minimum Gasteiger partial charge on any atom is -0.497 e. The summed E-state index contributed by atoms with van der Waals surface area (Å²) in [7, 11) is 4.79. The SMILES string of the molecule is CCOC(=O)c1c2c(nn1C)CCN(C(=O)c1cc(OC)cc(OC)c1)C2. The maximum atomic E-state index is 13.0. The van der Waals surface area contributed by atoms with E-state index in [2.05, 4.69) is 5.10 Å². The van der Waals surface area contributed by atoms with E-state index in [0.29, 0.717) is 42.3 Å². The van der Waals surface area contributed by atoms with Crippen molar-refractivity contribution < 1.29 is 23.8 Å². The molecule has 2 heterocycles. The lowest BCUT2D eigenvalue weighted by Crippen LogP contribution is -2.36. The van der Waals surface area contributed by atoms with Crippen molar-refractivity contribution in [3.05, 3.63) is 40.7 Å². The van der Waals surface area contributed by atoms with E-state index in [9.17, 15) is 9.59 Å². The molecule has 2 aromatic rings. The maximum Gasteiger partial charge on any atom is 0.356 e. The Bertz CT molecular complexity index is 852. The van der Waals surface area contributed by atoms with Gasteiger partial charge in [-0.15, -0.1) is 0 Å². The first-order chi connectivity index (χ1) is 13.0. The van der Waals surface area contributed by atoms with Crippen molar-refractivity contribution in [2.24, 2.45) is 7.05 Å². The minimum absolute atomic E-state index is 0.156. The summed E-state index contributed by atoms with van der Waals surface area (Å²) >= 11 is 0. The molecular formula is C19H23N3O5. The highest BCUT2D eigenvalue weighted by atomic mass is 16.5. The quantitative estimate of drug-likeness (QED) is 0.744. The van der Waals surface area contributed by atoms with Gasteiger partial charge in [-0.25, -0.2) is 4.79 Å². The molecule has 0 fully saturated rings. The Labute approximate surface area is 157 Å². The van der Waals surface area contributed by atoms with Crippen molar-refractivity contribution >= 4 is 11.9 Å². The highest BCUT2D eigenvalue weighted by molar-refractivity contribution is 5.96. The van der Waals surface area contributed by atoms with Crippen LogP contribution in [0.1, 0.15) is 39.0 Å². The van der Waals surface area contributed by atoms with Gasteiger partial charge in [-0.1, -0.05) is 0 Å². The van der Waals surface area contributed by atoms with E-state index in [4.69, 9.17) is 14.2 Å². The number of fused-ring (bicyclic) bond motifs is 1. The molecule has 0 spiro atoms. The monoisotopic (exact) mass is 373 g/mol. The molecule has 0 N–H and O–H groups in total. The van der Waals surface area contributed by atoms with Crippen LogP contribution in [0.15, 0.2) is 18.2 Å². The number of hydrogen-bond acceptors (Lipinski definition) is 6. The number of aryl methyl sites for hydroxylation is 1. The van der Waals surface area contributed by atoms with Crippen LogP contribution in [0.4, 0.5) is 0 Å². The minimum atomic E-state index is -0.425. The van der Waals surface area contributed by atoms with Gasteiger partial charge in [-0.3, -0.25) is 9.48 Å². The lowest BCUT2D eigenvalue weighted by Gasteiger charge is -2.27. The van der Waals surface area contributed by atoms with Gasteiger partial charge in [0.25, 0.3) is 5.91 Å². The lowest BCUT2D eigenvalue weighted by atomic mass is 10.0. The Morgan fingerprint density at radius 2 is 1.81 bits per heavy atom. The Morgan fingerprint density at radius 3 is 2.41 bits per heavy atom. The summed E-state index contributed by atoms with van der Waals surface area (Å²) in [6, 6.07) is 5.07. The average molecular weight is 373 g/mol. The Kier molecular flexibility index (Phi) is 5.34. The number of aromatic nitrogens is 2. The van der Waals surface area contributed by atoms with E-state index in [-0.39, 0.29) is 12.5 Å². The van der Waals surface area contributed by atoms with E-state index < -0.39 is 5.97 Å². The molecular weight excluding hydrogens is 350 g/mol. The highest BCUT2D eigenvalue weighted by Gasteiger charge is 2.30. The van der Waals surface area contributed by atoms with Crippen LogP contribution < -0.4 is 9.47 Å². The summed E-state index contributed by atoms with van der Waals surface area (Å²) in [5, 5.41) is 4.41. The summed E-state index contributed by atoms with van der Waals surface area (Å²) in [6.45, 7) is 2.86. The molecule has 8 heteroatoms. The predicted octanol–water partition coefficient (Wildman–Crippen LogP) is 1.81. The van der Waals surface area contributed by atoms with Crippen molar-refractivity contribution in [3.63, 3.8) is 0 Å². The van der Waals surface area contributed by atoms with Crippen LogP contribution in [0.5, 0.6) is 11.5 Å². The molecule has 0 bridgehead atoms. The first kappa shape index (κ1) is 18.8. The van der Waals surface area contributed by atoms with Gasteiger partial charge < -0.3 is 19.1 Å². The normalized spacial score (nSPS) is 13.1. The van der Waals surface area contributed by atoms with Crippen molar-refractivity contribution in [3.8, 4) is 11.5 Å². The molecule has 144 valence electrons. The molecule has 1 aliphatic rings. The molecule has 0 atom stereocenters. The molecule has 0 saturated carbocycles. The third-order valence-electron chi connectivity index (χ3n) is 4.55. The van der Waals surface area contributed by atoms with E-state index in [1.807, 2.05) is 0 Å². The number of methoxy groups -OCH3 is 2. The van der Waals surface area contributed by atoms with Gasteiger partial charge in [-0.05, 0) is 19.1 Å². The number of ether oxygens (including phenoxy) is 3. The second kappa shape index (κ2) is 7.69. The van der Waals surface area contributed by atoms with Gasteiger partial charge in [-0.2, -0.15) is 5.10 Å². The molecule has 0 unspecified atom stereocenters. The fourth-order valence-electron chi connectivity index (χ4n) is 3.24. The number of rotatable bonds is 5. The summed E-state index contributed by atoms with van der Waals surface area (Å²) in [6.07, 6.45) is 0.579. The van der Waals surface area contributed by atoms with E-state index >= 15 is 0 Å². The highest BCUT2D eigenvalue weighted by Crippen LogP contribution is 2.27.